The van der Waals surface area contributed by atoms with E-state index in [0.29, 0.717) is 43.8 Å². The largest absolute Gasteiger partial charge is 0.394 e. The lowest BCUT2D eigenvalue weighted by Gasteiger charge is -2.42. The van der Waals surface area contributed by atoms with Gasteiger partial charge >= 0.3 is 0 Å². The molecular weight excluding hydrogens is 702 g/mol. The summed E-state index contributed by atoms with van der Waals surface area (Å²) in [6.45, 7) is 8.46. The second-order valence-electron chi connectivity index (χ2n) is 12.8. The van der Waals surface area contributed by atoms with E-state index < -0.39 is 67.7 Å². The summed E-state index contributed by atoms with van der Waals surface area (Å²) in [5.41, 5.74) is 6.95. The van der Waals surface area contributed by atoms with Gasteiger partial charge in [-0.1, -0.05) is 0 Å². The van der Waals surface area contributed by atoms with Gasteiger partial charge in [0.1, 0.15) is 61.3 Å². The molecule has 2 amide bonds. The van der Waals surface area contributed by atoms with Crippen molar-refractivity contribution < 1.29 is 62.8 Å². The quantitative estimate of drug-likeness (QED) is 0.0572. The van der Waals surface area contributed by atoms with Gasteiger partial charge in [0.15, 0.2) is 24.0 Å². The third-order valence-corrected chi connectivity index (χ3v) is 8.52. The molecule has 2 fully saturated rings. The van der Waals surface area contributed by atoms with Crippen molar-refractivity contribution in [1.29, 1.82) is 0 Å². The third kappa shape index (κ3) is 12.2. The van der Waals surface area contributed by atoms with Gasteiger partial charge in [-0.25, -0.2) is 15.0 Å². The zero-order valence-corrected chi connectivity index (χ0v) is 30.7. The van der Waals surface area contributed by atoms with E-state index in [0.717, 1.165) is 0 Å². The van der Waals surface area contributed by atoms with E-state index in [1.54, 1.807) is 10.9 Å². The van der Waals surface area contributed by atoms with Gasteiger partial charge in [-0.05, 0) is 33.6 Å². The fourth-order valence-corrected chi connectivity index (χ4v) is 5.94. The number of nitrogen functional groups attached to an aromatic ring is 1. The number of imidazole rings is 1. The second-order valence-corrected chi connectivity index (χ2v) is 12.8. The lowest BCUT2D eigenvalue weighted by Crippen LogP contribution is -2.64. The van der Waals surface area contributed by atoms with Crippen molar-refractivity contribution in [3.63, 3.8) is 0 Å². The highest BCUT2D eigenvalue weighted by Gasteiger charge is 2.48. The van der Waals surface area contributed by atoms with Crippen LogP contribution in [0.5, 0.6) is 0 Å². The minimum atomic E-state index is -1.39. The van der Waals surface area contributed by atoms with Gasteiger partial charge in [-0.2, -0.15) is 0 Å². The molecule has 2 aliphatic rings. The third-order valence-electron chi connectivity index (χ3n) is 8.52. The van der Waals surface area contributed by atoms with Gasteiger partial charge in [-0.15, -0.1) is 0 Å². The predicted octanol–water partition coefficient (Wildman–Crippen LogP) is -1.24. The first kappa shape index (κ1) is 42.6. The molecule has 7 N–H and O–H groups in total. The Hall–Kier alpha value is -3.15. The molecule has 2 aliphatic heterocycles. The number of aromatic nitrogens is 4. The maximum Gasteiger partial charge on any atom is 0.220 e. The molecule has 2 aromatic heterocycles. The van der Waals surface area contributed by atoms with Gasteiger partial charge in [0, 0.05) is 33.1 Å². The van der Waals surface area contributed by atoms with Crippen molar-refractivity contribution in [2.75, 3.05) is 65.3 Å². The lowest BCUT2D eigenvalue weighted by molar-refractivity contribution is -0.270. The summed E-state index contributed by atoms with van der Waals surface area (Å²) in [4.78, 5) is 36.5. The summed E-state index contributed by atoms with van der Waals surface area (Å²) in [6.07, 6.45) is -2.84. The zero-order chi connectivity index (χ0) is 38.3. The number of ether oxygens (including phenoxy) is 8. The number of amides is 2. The Balaban J connectivity index is 1.12. The van der Waals surface area contributed by atoms with Crippen LogP contribution in [0.2, 0.25) is 0 Å². The number of unbranched alkanes of at least 4 members (excludes halogenated alkanes) is 1. The van der Waals surface area contributed by atoms with Crippen LogP contribution < -0.4 is 16.4 Å². The maximum atomic E-state index is 12.3. The highest BCUT2D eigenvalue weighted by molar-refractivity contribution is 5.81. The number of nitrogens with one attached hydrogen (secondary N) is 2. The standard InChI is InChI=1S/C33H55N7O13/c1-5-48-28-22(15-50-19(2)3)52-32(40-17-38-25-30(34)36-16-37-31(25)40)29(28)51-18-47-13-12-46-11-9-35-23(43)8-6-7-10-49-33-24(39-20(4)42)27(45)26(44)21(14-41)53-33/h16-17,19,21-22,24,26-29,32-33,41,44-45H,5-15,18H2,1-4H3,(H,35,43)(H,39,42)(H2,34,36,37)/t21-,22?,24-,26+,27-,28-,29-,32-,33-/m1/s1. The number of rotatable bonds is 23. The number of nitrogens with two attached hydrogens (primary N) is 1. The number of carbonyl (C=O) groups excluding carboxylic acids is 2. The molecule has 20 heteroatoms. The van der Waals surface area contributed by atoms with Gasteiger partial charge in [0.25, 0.3) is 0 Å². The Morgan fingerprint density at radius 3 is 2.51 bits per heavy atom. The number of anilines is 1. The van der Waals surface area contributed by atoms with Crippen LogP contribution in [-0.2, 0) is 47.5 Å². The van der Waals surface area contributed by atoms with Crippen molar-refractivity contribution >= 4 is 28.8 Å². The van der Waals surface area contributed by atoms with Crippen molar-refractivity contribution in [2.45, 2.75) is 108 Å². The van der Waals surface area contributed by atoms with Crippen LogP contribution in [0.3, 0.4) is 0 Å². The summed E-state index contributed by atoms with van der Waals surface area (Å²) < 4.78 is 48.7. The van der Waals surface area contributed by atoms with E-state index in [1.165, 1.54) is 13.3 Å². The number of fused-ring (bicyclic) bond motifs is 1. The number of carbonyl (C=O) groups is 2. The van der Waals surface area contributed by atoms with Crippen LogP contribution in [-0.4, -0.2) is 161 Å². The molecule has 0 saturated carbocycles. The van der Waals surface area contributed by atoms with E-state index in [1.807, 2.05) is 20.8 Å². The van der Waals surface area contributed by atoms with Crippen molar-refractivity contribution in [1.82, 2.24) is 30.2 Å². The molecule has 0 spiro atoms. The van der Waals surface area contributed by atoms with Crippen molar-refractivity contribution in [2.24, 2.45) is 0 Å². The van der Waals surface area contributed by atoms with Gasteiger partial charge < -0.3 is 69.6 Å². The minimum absolute atomic E-state index is 0.00520. The van der Waals surface area contributed by atoms with Crippen LogP contribution in [0.25, 0.3) is 11.2 Å². The second kappa shape index (κ2) is 21.7. The zero-order valence-electron chi connectivity index (χ0n) is 30.7. The highest BCUT2D eigenvalue weighted by atomic mass is 16.7. The number of hydrogen-bond acceptors (Lipinski definition) is 17. The maximum absolute atomic E-state index is 12.3. The first-order chi connectivity index (χ1) is 25.5. The molecule has 4 rings (SSSR count). The van der Waals surface area contributed by atoms with Gasteiger partial charge in [0.05, 0.1) is 45.5 Å². The Morgan fingerprint density at radius 1 is 0.981 bits per heavy atom. The Labute approximate surface area is 307 Å². The first-order valence-corrected chi connectivity index (χ1v) is 17.9. The van der Waals surface area contributed by atoms with Crippen LogP contribution in [0.15, 0.2) is 12.7 Å². The normalized spacial score (nSPS) is 27.4. The molecule has 0 bridgehead atoms. The van der Waals surface area contributed by atoms with Gasteiger partial charge in [-0.3, -0.25) is 14.2 Å². The van der Waals surface area contributed by atoms with Crippen LogP contribution in [0.4, 0.5) is 5.82 Å². The summed E-state index contributed by atoms with van der Waals surface area (Å²) in [7, 11) is 0. The molecule has 9 atom stereocenters. The average molecular weight is 758 g/mol. The van der Waals surface area contributed by atoms with E-state index in [2.05, 4.69) is 25.6 Å². The Bertz CT molecular complexity index is 1400. The molecule has 20 nitrogen and oxygen atoms in total. The molecule has 1 unspecified atom stereocenters. The molecule has 2 saturated heterocycles. The van der Waals surface area contributed by atoms with Crippen molar-refractivity contribution in [3.05, 3.63) is 12.7 Å². The fourth-order valence-electron chi connectivity index (χ4n) is 5.94. The monoisotopic (exact) mass is 757 g/mol. The summed E-state index contributed by atoms with van der Waals surface area (Å²) >= 11 is 0. The predicted molar refractivity (Wildman–Crippen MR) is 185 cm³/mol. The SMILES string of the molecule is CCO[C@@H]1C(COC(C)C)O[C@@H](n2cnc3c(N)ncnc32)[C@@H]1OCOCCOCCNC(=O)CCCCO[C@@H]1O[C@H](CO)[C@H](O)[C@H](O)[C@H]1NC(C)=O. The highest BCUT2D eigenvalue weighted by Crippen LogP contribution is 2.36. The minimum Gasteiger partial charge on any atom is -0.394 e. The van der Waals surface area contributed by atoms with Gasteiger partial charge in [0.2, 0.25) is 11.8 Å². The van der Waals surface area contributed by atoms with Crippen LogP contribution in [0, 0.1) is 0 Å². The molecule has 53 heavy (non-hydrogen) atoms. The number of aliphatic hydroxyl groups is 3. The summed E-state index contributed by atoms with van der Waals surface area (Å²) in [5.74, 6) is -0.339. The molecule has 0 aromatic carbocycles. The molecule has 0 radical (unpaired) electrons. The molecule has 2 aromatic rings. The summed E-state index contributed by atoms with van der Waals surface area (Å²) in [5, 5.41) is 35.2. The lowest BCUT2D eigenvalue weighted by atomic mass is 9.97. The number of hydrogen-bond donors (Lipinski definition) is 6. The smallest absolute Gasteiger partial charge is 0.220 e. The number of nitrogens with zero attached hydrogens (tertiary/aromatic N) is 4. The van der Waals surface area contributed by atoms with E-state index in [4.69, 9.17) is 43.6 Å². The molecule has 4 heterocycles. The number of aliphatic hydroxyl groups excluding tert-OH is 3. The molecule has 0 aliphatic carbocycles. The Morgan fingerprint density at radius 2 is 1.77 bits per heavy atom. The Kier molecular flexibility index (Phi) is 17.4. The van der Waals surface area contributed by atoms with Crippen molar-refractivity contribution in [3.8, 4) is 0 Å². The van der Waals surface area contributed by atoms with E-state index in [-0.39, 0.29) is 57.5 Å². The average Bonchev–Trinajstić information content (AvgIpc) is 3.71. The van der Waals surface area contributed by atoms with E-state index >= 15 is 0 Å². The first-order valence-electron chi connectivity index (χ1n) is 17.9. The van der Waals surface area contributed by atoms with E-state index in [9.17, 15) is 24.9 Å². The molecule has 300 valence electrons. The fraction of sp³-hybridized carbons (Fsp3) is 0.788. The summed E-state index contributed by atoms with van der Waals surface area (Å²) in [6, 6.07) is -1.01. The molecular formula is C33H55N7O13. The topological polar surface area (TPSA) is 262 Å². The van der Waals surface area contributed by atoms with Crippen LogP contribution >= 0.6 is 0 Å². The van der Waals surface area contributed by atoms with Crippen LogP contribution in [0.1, 0.15) is 53.2 Å².